The maximum absolute atomic E-state index is 6.34. The van der Waals surface area contributed by atoms with Gasteiger partial charge in [-0.25, -0.2) is 0 Å². The van der Waals surface area contributed by atoms with Crippen LogP contribution in [0.5, 0.6) is 5.75 Å². The lowest BCUT2D eigenvalue weighted by molar-refractivity contribution is 0.243. The zero-order valence-electron chi connectivity index (χ0n) is 9.14. The fourth-order valence-corrected chi connectivity index (χ4v) is 2.87. The van der Waals surface area contributed by atoms with E-state index in [4.69, 9.17) is 10.5 Å². The average Bonchev–Trinajstić information content (AvgIpc) is 2.13. The number of hydrogen-bond donors (Lipinski definition) is 1. The van der Waals surface area contributed by atoms with Crippen LogP contribution in [0.2, 0.25) is 0 Å². The molecule has 1 fully saturated rings. The van der Waals surface area contributed by atoms with Crippen molar-refractivity contribution in [2.45, 2.75) is 31.7 Å². The molecule has 2 rings (SSSR count). The average molecular weight is 270 g/mol. The molecule has 0 radical (unpaired) electrons. The Hall–Kier alpha value is -0.540. The van der Waals surface area contributed by atoms with Crippen LogP contribution in [-0.4, -0.2) is 7.11 Å². The van der Waals surface area contributed by atoms with Crippen molar-refractivity contribution < 1.29 is 4.74 Å². The van der Waals surface area contributed by atoms with Gasteiger partial charge in [-0.15, -0.1) is 0 Å². The van der Waals surface area contributed by atoms with Gasteiger partial charge in [-0.05, 0) is 53.7 Å². The highest BCUT2D eigenvalue weighted by atomic mass is 79.9. The summed E-state index contributed by atoms with van der Waals surface area (Å²) in [5.41, 5.74) is 8.53. The Balaban J connectivity index is 2.53. The minimum Gasteiger partial charge on any atom is -0.495 e. The number of methoxy groups -OCH3 is 1. The number of hydrogen-bond acceptors (Lipinski definition) is 2. The predicted molar refractivity (Wildman–Crippen MR) is 65.1 cm³/mol. The third-order valence-electron chi connectivity index (χ3n) is 3.17. The van der Waals surface area contributed by atoms with Crippen molar-refractivity contribution in [1.82, 2.24) is 0 Å². The normalized spacial score (nSPS) is 18.4. The Morgan fingerprint density at radius 1 is 1.40 bits per heavy atom. The Labute approximate surface area is 98.9 Å². The zero-order chi connectivity index (χ0) is 11.1. The minimum atomic E-state index is -0.167. The lowest BCUT2D eigenvalue weighted by Gasteiger charge is -2.39. The molecule has 2 N–H and O–H groups in total. The van der Waals surface area contributed by atoms with E-state index in [1.807, 2.05) is 0 Å². The Bertz CT molecular complexity index is 385. The third-order valence-corrected chi connectivity index (χ3v) is 3.76. The summed E-state index contributed by atoms with van der Waals surface area (Å²) in [5, 5.41) is 0. The lowest BCUT2D eigenvalue weighted by atomic mass is 9.72. The van der Waals surface area contributed by atoms with Crippen LogP contribution in [0.3, 0.4) is 0 Å². The van der Waals surface area contributed by atoms with E-state index < -0.39 is 0 Å². The van der Waals surface area contributed by atoms with Crippen molar-refractivity contribution in [2.75, 3.05) is 7.11 Å². The first kappa shape index (κ1) is 11.0. The molecule has 0 bridgehead atoms. The van der Waals surface area contributed by atoms with Crippen LogP contribution in [0.4, 0.5) is 0 Å². The summed E-state index contributed by atoms with van der Waals surface area (Å²) in [4.78, 5) is 0. The smallest absolute Gasteiger partial charge is 0.138 e. The van der Waals surface area contributed by atoms with Gasteiger partial charge in [-0.1, -0.05) is 6.07 Å². The van der Waals surface area contributed by atoms with Crippen molar-refractivity contribution in [1.29, 1.82) is 0 Å². The number of nitrogens with two attached hydrogens (primary N) is 1. The quantitative estimate of drug-likeness (QED) is 0.896. The maximum Gasteiger partial charge on any atom is 0.138 e. The molecule has 0 saturated heterocycles. The molecule has 0 atom stereocenters. The van der Waals surface area contributed by atoms with Gasteiger partial charge < -0.3 is 10.5 Å². The van der Waals surface area contributed by atoms with E-state index in [0.717, 1.165) is 28.6 Å². The number of halogens is 1. The summed E-state index contributed by atoms with van der Waals surface area (Å²) in [5.74, 6) is 0.891. The van der Waals surface area contributed by atoms with Gasteiger partial charge in [0.25, 0.3) is 0 Å². The van der Waals surface area contributed by atoms with Crippen LogP contribution >= 0.6 is 15.9 Å². The van der Waals surface area contributed by atoms with Gasteiger partial charge in [0.1, 0.15) is 5.75 Å². The van der Waals surface area contributed by atoms with Crippen molar-refractivity contribution in [3.8, 4) is 5.75 Å². The van der Waals surface area contributed by atoms with E-state index in [1.54, 1.807) is 7.11 Å². The van der Waals surface area contributed by atoms with Gasteiger partial charge in [0.05, 0.1) is 11.6 Å². The van der Waals surface area contributed by atoms with Crippen molar-refractivity contribution >= 4 is 15.9 Å². The predicted octanol–water partition coefficient (Wildman–Crippen LogP) is 3.10. The van der Waals surface area contributed by atoms with Crippen LogP contribution in [0.15, 0.2) is 16.6 Å². The van der Waals surface area contributed by atoms with Crippen molar-refractivity contribution in [2.24, 2.45) is 5.73 Å². The number of rotatable bonds is 2. The lowest BCUT2D eigenvalue weighted by Crippen LogP contribution is -2.43. The summed E-state index contributed by atoms with van der Waals surface area (Å²) >= 11 is 3.52. The second-order valence-corrected chi connectivity index (χ2v) is 5.19. The summed E-state index contributed by atoms with van der Waals surface area (Å²) in [6.45, 7) is 2.08. The van der Waals surface area contributed by atoms with E-state index >= 15 is 0 Å². The van der Waals surface area contributed by atoms with Gasteiger partial charge in [0, 0.05) is 11.1 Å². The van der Waals surface area contributed by atoms with Gasteiger partial charge in [0.2, 0.25) is 0 Å². The Morgan fingerprint density at radius 3 is 2.53 bits per heavy atom. The van der Waals surface area contributed by atoms with E-state index in [1.165, 1.54) is 12.0 Å². The summed E-state index contributed by atoms with van der Waals surface area (Å²) in [7, 11) is 1.70. The molecular formula is C12H16BrNO. The number of benzene rings is 1. The molecule has 0 amide bonds. The third kappa shape index (κ3) is 1.79. The van der Waals surface area contributed by atoms with Crippen LogP contribution in [0.1, 0.15) is 30.4 Å². The molecule has 15 heavy (non-hydrogen) atoms. The van der Waals surface area contributed by atoms with Crippen LogP contribution in [-0.2, 0) is 5.54 Å². The van der Waals surface area contributed by atoms with E-state index in [0.29, 0.717) is 0 Å². The fraction of sp³-hybridized carbons (Fsp3) is 0.500. The molecule has 2 nitrogen and oxygen atoms in total. The van der Waals surface area contributed by atoms with Crippen molar-refractivity contribution in [3.63, 3.8) is 0 Å². The SMILES string of the molecule is COc1c(Br)cc(C)cc1C1(N)CCC1. The van der Waals surface area contributed by atoms with Crippen LogP contribution in [0.25, 0.3) is 0 Å². The molecule has 0 unspecified atom stereocenters. The molecule has 0 aliphatic heterocycles. The fourth-order valence-electron chi connectivity index (χ4n) is 2.13. The monoisotopic (exact) mass is 269 g/mol. The molecular weight excluding hydrogens is 254 g/mol. The standard InChI is InChI=1S/C12H16BrNO/c1-8-6-9(12(14)4-3-5-12)11(15-2)10(13)7-8/h6-7H,3-5,14H2,1-2H3. The van der Waals surface area contributed by atoms with Crippen LogP contribution < -0.4 is 10.5 Å². The Kier molecular flexibility index (Phi) is 2.77. The van der Waals surface area contributed by atoms with Gasteiger partial charge >= 0.3 is 0 Å². The topological polar surface area (TPSA) is 35.2 Å². The molecule has 0 heterocycles. The number of aryl methyl sites for hydroxylation is 1. The van der Waals surface area contributed by atoms with E-state index in [-0.39, 0.29) is 5.54 Å². The van der Waals surface area contributed by atoms with Gasteiger partial charge in [0.15, 0.2) is 0 Å². The molecule has 0 spiro atoms. The molecule has 1 aromatic carbocycles. The first-order valence-corrected chi connectivity index (χ1v) is 5.99. The van der Waals surface area contributed by atoms with E-state index in [9.17, 15) is 0 Å². The molecule has 1 aliphatic carbocycles. The van der Waals surface area contributed by atoms with E-state index in [2.05, 4.69) is 35.0 Å². The van der Waals surface area contributed by atoms with Gasteiger partial charge in [-0.3, -0.25) is 0 Å². The summed E-state index contributed by atoms with van der Waals surface area (Å²) < 4.78 is 6.42. The van der Waals surface area contributed by atoms with Crippen LogP contribution in [0, 0.1) is 6.92 Å². The largest absolute Gasteiger partial charge is 0.495 e. The second-order valence-electron chi connectivity index (χ2n) is 4.34. The molecule has 0 aromatic heterocycles. The molecule has 1 saturated carbocycles. The summed E-state index contributed by atoms with van der Waals surface area (Å²) in [6, 6.07) is 4.20. The van der Waals surface area contributed by atoms with Crippen molar-refractivity contribution in [3.05, 3.63) is 27.7 Å². The Morgan fingerprint density at radius 2 is 2.07 bits per heavy atom. The summed E-state index contributed by atoms with van der Waals surface area (Å²) in [6.07, 6.45) is 3.32. The minimum absolute atomic E-state index is 0.167. The second kappa shape index (κ2) is 3.80. The first-order valence-electron chi connectivity index (χ1n) is 5.20. The molecule has 3 heteroatoms. The molecule has 82 valence electrons. The molecule has 1 aliphatic rings. The van der Waals surface area contributed by atoms with Gasteiger partial charge in [-0.2, -0.15) is 0 Å². The number of ether oxygens (including phenoxy) is 1. The highest BCUT2D eigenvalue weighted by Crippen LogP contribution is 2.45. The molecule has 1 aromatic rings. The highest BCUT2D eigenvalue weighted by Gasteiger charge is 2.37. The maximum atomic E-state index is 6.34. The highest BCUT2D eigenvalue weighted by molar-refractivity contribution is 9.10. The zero-order valence-corrected chi connectivity index (χ0v) is 10.7. The first-order chi connectivity index (χ1) is 7.07.